The van der Waals surface area contributed by atoms with Gasteiger partial charge in [0.25, 0.3) is 11.4 Å². The second-order valence-corrected chi connectivity index (χ2v) is 14.0. The van der Waals surface area contributed by atoms with Gasteiger partial charge in [-0.25, -0.2) is 29.9 Å². The van der Waals surface area contributed by atoms with Crippen LogP contribution in [0.2, 0.25) is 0 Å². The van der Waals surface area contributed by atoms with Crippen LogP contribution in [0.5, 0.6) is 0 Å². The molecule has 61 heavy (non-hydrogen) atoms. The minimum Gasteiger partial charge on any atom is -0.395 e. The van der Waals surface area contributed by atoms with Crippen molar-refractivity contribution in [1.82, 2.24) is 20.9 Å². The Bertz CT molecular complexity index is 1910. The third kappa shape index (κ3) is 14.3. The molecular weight excluding hydrogens is 777 g/mol. The summed E-state index contributed by atoms with van der Waals surface area (Å²) in [7, 11) is 0. The topological polar surface area (TPSA) is 281 Å². The van der Waals surface area contributed by atoms with Crippen molar-refractivity contribution >= 4 is 0 Å². The predicted molar refractivity (Wildman–Crippen MR) is 221 cm³/mol. The Labute approximate surface area is 357 Å². The molecule has 3 rings (SSSR count). The Morgan fingerprint density at radius 1 is 0.557 bits per heavy atom. The zero-order valence-corrected chi connectivity index (χ0v) is 33.9. The first-order valence-electron chi connectivity index (χ1n) is 19.5. The summed E-state index contributed by atoms with van der Waals surface area (Å²) in [6.07, 6.45) is 2.06. The monoisotopic (exact) mass is 824 g/mol. The lowest BCUT2D eigenvalue weighted by molar-refractivity contribution is 0.0550. The first-order valence-corrected chi connectivity index (χ1v) is 19.5. The van der Waals surface area contributed by atoms with Gasteiger partial charge in [-0.3, -0.25) is 4.90 Å². The highest BCUT2D eigenvalue weighted by Gasteiger charge is 2.28. The Morgan fingerprint density at radius 2 is 0.934 bits per heavy atom. The van der Waals surface area contributed by atoms with E-state index in [1.165, 1.54) is 0 Å². The molecule has 0 heterocycles. The summed E-state index contributed by atoms with van der Waals surface area (Å²) in [5, 5.41) is 56.9. The molecule has 19 heteroatoms. The lowest BCUT2D eigenvalue weighted by atomic mass is 9.86. The second-order valence-electron chi connectivity index (χ2n) is 14.0. The van der Waals surface area contributed by atoms with Crippen LogP contribution in [-0.4, -0.2) is 102 Å². The van der Waals surface area contributed by atoms with E-state index in [2.05, 4.69) is 46.3 Å². The van der Waals surface area contributed by atoms with Crippen LogP contribution in [-0.2, 0) is 14.2 Å². The molecule has 3 aliphatic carbocycles. The summed E-state index contributed by atoms with van der Waals surface area (Å²) in [6, 6.07) is 8.55. The van der Waals surface area contributed by atoms with Crippen molar-refractivity contribution in [1.29, 1.82) is 26.3 Å². The molecule has 0 saturated heterocycles. The molecular formula is C42H48N16O3. The first kappa shape index (κ1) is 48.3. The van der Waals surface area contributed by atoms with Gasteiger partial charge in [0.2, 0.25) is 0 Å². The zero-order valence-electron chi connectivity index (χ0n) is 33.9. The number of hydrogen-bond donors (Lipinski definition) is 6. The standard InChI is InChI=1S/C42H48N16O3/c1-51-39(26-46)33-18-30(49)21-37(41(33)53-3)56-6-12-60-15-9-58(8-14-59-11-5-55-36-20-29(48)17-32(35(36)25-45)28(23-43)24-44)10-16-61-13-7-57-38-22-31(50)19-34(42(38)54-4)40(27-47)52-2/h29-31,55-57H,5-22,48-50H2/b39-33-,40-34-. The van der Waals surface area contributed by atoms with Crippen molar-refractivity contribution in [2.24, 2.45) is 17.2 Å². The van der Waals surface area contributed by atoms with E-state index in [9.17, 15) is 26.3 Å². The summed E-state index contributed by atoms with van der Waals surface area (Å²) >= 11 is 0. The molecule has 0 aromatic rings. The number of allylic oxidation sites excluding steroid dienone is 6. The van der Waals surface area contributed by atoms with E-state index in [-0.39, 0.29) is 71.3 Å². The van der Waals surface area contributed by atoms with Crippen molar-refractivity contribution in [3.05, 3.63) is 113 Å². The molecule has 0 aliphatic heterocycles. The van der Waals surface area contributed by atoms with Gasteiger partial charge in [-0.2, -0.15) is 15.8 Å². The molecule has 0 spiro atoms. The van der Waals surface area contributed by atoms with Gasteiger partial charge in [0, 0.05) is 86.5 Å². The van der Waals surface area contributed by atoms with Crippen LogP contribution < -0.4 is 33.2 Å². The number of ether oxygens (including phenoxy) is 3. The van der Waals surface area contributed by atoms with E-state index in [4.69, 9.17) is 57.7 Å². The van der Waals surface area contributed by atoms with Crippen molar-refractivity contribution in [3.63, 3.8) is 0 Å². The number of hydrogen-bond acceptors (Lipinski definition) is 15. The Morgan fingerprint density at radius 3 is 1.28 bits per heavy atom. The summed E-state index contributed by atoms with van der Waals surface area (Å²) < 4.78 is 17.7. The molecule has 0 amide bonds. The lowest BCUT2D eigenvalue weighted by Gasteiger charge is -2.26. The van der Waals surface area contributed by atoms with Crippen LogP contribution in [0.3, 0.4) is 0 Å². The van der Waals surface area contributed by atoms with Crippen molar-refractivity contribution in [2.45, 2.75) is 56.7 Å². The van der Waals surface area contributed by atoms with E-state index in [1.54, 1.807) is 0 Å². The van der Waals surface area contributed by atoms with Gasteiger partial charge < -0.3 is 47.4 Å². The SMILES string of the molecule is [C-]#[N+]C1=C(NCCOCCN(CCOCCNC2=C(C#N)C(=C(C#N)C#N)CC(N)C2)CCOCCNC2=C([N+]#[C-])/C(=C(/C#N)[N+]#[C-])CC(N)C2)CC(N)C/C1=C(\C#N)[N+]#[C-]. The summed E-state index contributed by atoms with van der Waals surface area (Å²) in [5.41, 5.74) is 21.7. The van der Waals surface area contributed by atoms with E-state index < -0.39 is 0 Å². The molecule has 3 unspecified atom stereocenters. The van der Waals surface area contributed by atoms with Crippen molar-refractivity contribution in [3.8, 4) is 30.3 Å². The predicted octanol–water partition coefficient (Wildman–Crippen LogP) is 2.25. The number of nitrogens with zero attached hydrogens (tertiary/aromatic N) is 10. The normalized spacial score (nSPS) is 20.3. The molecule has 0 bridgehead atoms. The van der Waals surface area contributed by atoms with Crippen LogP contribution >= 0.6 is 0 Å². The molecule has 3 aliphatic rings. The minimum absolute atomic E-state index is 0.123. The molecule has 19 nitrogen and oxygen atoms in total. The van der Waals surface area contributed by atoms with E-state index >= 15 is 0 Å². The van der Waals surface area contributed by atoms with Gasteiger partial charge >= 0.3 is 0 Å². The molecule has 0 fully saturated rings. The van der Waals surface area contributed by atoms with Gasteiger partial charge in [-0.15, -0.1) is 0 Å². The molecule has 0 radical (unpaired) electrons. The maximum Gasteiger partial charge on any atom is 0.255 e. The van der Waals surface area contributed by atoms with Crippen molar-refractivity contribution in [2.75, 3.05) is 78.9 Å². The fourth-order valence-electron chi connectivity index (χ4n) is 6.97. The van der Waals surface area contributed by atoms with Crippen molar-refractivity contribution < 1.29 is 14.2 Å². The van der Waals surface area contributed by atoms with Crippen LogP contribution in [0, 0.1) is 82.9 Å². The maximum atomic E-state index is 9.79. The summed E-state index contributed by atoms with van der Waals surface area (Å²) in [5.74, 6) is 0. The largest absolute Gasteiger partial charge is 0.395 e. The Kier molecular flexibility index (Phi) is 20.7. The average molecular weight is 825 g/mol. The van der Waals surface area contributed by atoms with Crippen LogP contribution in [0.4, 0.5) is 0 Å². The van der Waals surface area contributed by atoms with E-state index in [0.717, 1.165) is 0 Å². The quantitative estimate of drug-likeness (QED) is 0.0550. The minimum atomic E-state index is -0.342. The Hall–Kier alpha value is -7.03. The molecule has 0 aromatic carbocycles. The number of nitriles is 5. The van der Waals surface area contributed by atoms with Gasteiger partial charge in [-0.05, 0) is 43.3 Å². The van der Waals surface area contributed by atoms with Crippen LogP contribution in [0.15, 0.2) is 67.7 Å². The zero-order chi connectivity index (χ0) is 44.6. The second kappa shape index (κ2) is 26.1. The average Bonchev–Trinajstić information content (AvgIpc) is 3.25. The van der Waals surface area contributed by atoms with Gasteiger partial charge in [0.15, 0.2) is 11.4 Å². The fourth-order valence-corrected chi connectivity index (χ4v) is 6.97. The number of nitrogens with one attached hydrogen (secondary N) is 3. The highest BCUT2D eigenvalue weighted by molar-refractivity contribution is 5.57. The first-order chi connectivity index (χ1) is 29.6. The summed E-state index contributed by atoms with van der Waals surface area (Å²) in [6.45, 7) is 34.7. The number of nitrogens with two attached hydrogens (primary N) is 3. The highest BCUT2D eigenvalue weighted by Crippen LogP contribution is 2.33. The summed E-state index contributed by atoms with van der Waals surface area (Å²) in [4.78, 5) is 15.8. The third-order valence-corrected chi connectivity index (χ3v) is 9.82. The smallest absolute Gasteiger partial charge is 0.255 e. The van der Waals surface area contributed by atoms with Crippen LogP contribution in [0.1, 0.15) is 38.5 Å². The fraction of sp³-hybridized carbons (Fsp3) is 0.500. The van der Waals surface area contributed by atoms with E-state index in [0.29, 0.717) is 132 Å². The Balaban J connectivity index is 1.55. The van der Waals surface area contributed by atoms with Gasteiger partial charge in [-0.1, -0.05) is 0 Å². The highest BCUT2D eigenvalue weighted by atomic mass is 16.5. The molecule has 0 saturated carbocycles. The van der Waals surface area contributed by atoms with E-state index in [1.807, 2.05) is 24.3 Å². The lowest BCUT2D eigenvalue weighted by Crippen LogP contribution is -2.36. The molecule has 3 atom stereocenters. The third-order valence-electron chi connectivity index (χ3n) is 9.82. The molecule has 314 valence electrons. The maximum absolute atomic E-state index is 9.79. The molecule has 9 N–H and O–H groups in total. The van der Waals surface area contributed by atoms with Crippen LogP contribution in [0.25, 0.3) is 19.4 Å². The van der Waals surface area contributed by atoms with Gasteiger partial charge in [0.1, 0.15) is 23.8 Å². The number of rotatable bonds is 21. The molecule has 0 aromatic heterocycles. The van der Waals surface area contributed by atoms with Gasteiger partial charge in [0.05, 0.1) is 83.6 Å².